The molecule has 0 radical (unpaired) electrons. The van der Waals surface area contributed by atoms with Crippen molar-refractivity contribution in [3.63, 3.8) is 0 Å². The molecule has 9 heteroatoms. The van der Waals surface area contributed by atoms with Gasteiger partial charge in [0.05, 0.1) is 11.1 Å². The first-order valence-electron chi connectivity index (χ1n) is 8.97. The molecule has 2 nitrogen and oxygen atoms in total. The summed E-state index contributed by atoms with van der Waals surface area (Å²) in [5.41, 5.74) is -1.84. The van der Waals surface area contributed by atoms with Gasteiger partial charge in [-0.2, -0.15) is 26.3 Å². The molecule has 0 aliphatic carbocycles. The Bertz CT molecular complexity index is 761. The minimum atomic E-state index is -4.61. The lowest BCUT2D eigenvalue weighted by Crippen LogP contribution is -2.65. The van der Waals surface area contributed by atoms with Crippen LogP contribution in [0.1, 0.15) is 38.8 Å². The molecule has 0 amide bonds. The van der Waals surface area contributed by atoms with E-state index in [9.17, 15) is 26.3 Å². The van der Waals surface area contributed by atoms with Crippen molar-refractivity contribution in [2.75, 3.05) is 0 Å². The van der Waals surface area contributed by atoms with Crippen LogP contribution in [0.25, 0.3) is 0 Å². The molecule has 0 aliphatic heterocycles. The van der Waals surface area contributed by atoms with E-state index in [4.69, 9.17) is 8.85 Å². The van der Waals surface area contributed by atoms with Crippen LogP contribution >= 0.6 is 0 Å². The third-order valence-corrected chi connectivity index (χ3v) is 7.69. The number of hydrogen-bond donors (Lipinski definition) is 0. The van der Waals surface area contributed by atoms with Crippen LogP contribution in [-0.2, 0) is 21.2 Å². The highest BCUT2D eigenvalue weighted by molar-refractivity contribution is 6.92. The molecule has 0 saturated heterocycles. The Balaban J connectivity index is 2.79. The fourth-order valence-corrected chi connectivity index (χ4v) is 6.51. The average Bonchev–Trinajstić information content (AvgIpc) is 2.59. The first-order valence-corrected chi connectivity index (χ1v) is 10.8. The topological polar surface area (TPSA) is 18.5 Å². The lowest BCUT2D eigenvalue weighted by atomic mass is 10.2. The predicted molar refractivity (Wildman–Crippen MR) is 100 cm³/mol. The van der Waals surface area contributed by atoms with E-state index in [1.165, 1.54) is 24.3 Å². The Labute approximate surface area is 166 Å². The summed E-state index contributed by atoms with van der Waals surface area (Å²) in [6, 6.07) is 8.84. The molecular weight excluding hydrogens is 414 g/mol. The third kappa shape index (κ3) is 5.61. The minimum absolute atomic E-state index is 0.0917. The fraction of sp³-hybridized carbons (Fsp3) is 0.400. The zero-order chi connectivity index (χ0) is 22.0. The van der Waals surface area contributed by atoms with Crippen molar-refractivity contribution in [2.45, 2.75) is 52.3 Å². The number of benzene rings is 2. The Morgan fingerprint density at radius 1 is 0.655 bits per heavy atom. The third-order valence-electron chi connectivity index (χ3n) is 3.94. The molecule has 0 unspecified atom stereocenters. The van der Waals surface area contributed by atoms with Crippen LogP contribution in [0.3, 0.4) is 0 Å². The van der Waals surface area contributed by atoms with E-state index >= 15 is 0 Å². The van der Waals surface area contributed by atoms with Crippen LogP contribution in [0, 0.1) is 0 Å². The second-order valence-corrected chi connectivity index (χ2v) is 9.97. The molecule has 0 bridgehead atoms. The van der Waals surface area contributed by atoms with E-state index in [1.54, 1.807) is 27.7 Å². The van der Waals surface area contributed by atoms with Gasteiger partial charge >= 0.3 is 20.9 Å². The van der Waals surface area contributed by atoms with Gasteiger partial charge in [-0.05, 0) is 50.2 Å². The number of hydrogen-bond acceptors (Lipinski definition) is 2. The van der Waals surface area contributed by atoms with E-state index in [1.807, 2.05) is 0 Å². The van der Waals surface area contributed by atoms with Crippen LogP contribution in [0.2, 0.25) is 0 Å². The number of rotatable bonds is 6. The zero-order valence-electron chi connectivity index (χ0n) is 16.4. The van der Waals surface area contributed by atoms with Gasteiger partial charge < -0.3 is 8.85 Å². The van der Waals surface area contributed by atoms with Crippen molar-refractivity contribution in [2.24, 2.45) is 0 Å². The van der Waals surface area contributed by atoms with E-state index < -0.39 is 44.2 Å². The van der Waals surface area contributed by atoms with Gasteiger partial charge in [-0.3, -0.25) is 0 Å². The van der Waals surface area contributed by atoms with Gasteiger partial charge in [-0.25, -0.2) is 0 Å². The minimum Gasteiger partial charge on any atom is -0.385 e. The molecule has 0 aliphatic rings. The summed E-state index contributed by atoms with van der Waals surface area (Å²) in [6.45, 7) is 6.64. The molecule has 0 saturated carbocycles. The molecule has 0 spiro atoms. The quantitative estimate of drug-likeness (QED) is 0.462. The molecule has 0 atom stereocenters. The summed E-state index contributed by atoms with van der Waals surface area (Å²) in [4.78, 5) is 0. The van der Waals surface area contributed by atoms with Crippen molar-refractivity contribution < 1.29 is 35.2 Å². The number of halogens is 6. The van der Waals surface area contributed by atoms with Crippen LogP contribution in [-0.4, -0.2) is 20.8 Å². The van der Waals surface area contributed by atoms with E-state index in [0.29, 0.717) is 0 Å². The summed E-state index contributed by atoms with van der Waals surface area (Å²) >= 11 is 0. The van der Waals surface area contributed by atoms with Gasteiger partial charge in [0.2, 0.25) is 0 Å². The van der Waals surface area contributed by atoms with Gasteiger partial charge in [-0.15, -0.1) is 0 Å². The highest BCUT2D eigenvalue weighted by Crippen LogP contribution is 2.31. The highest BCUT2D eigenvalue weighted by atomic mass is 28.4. The van der Waals surface area contributed by atoms with E-state index in [0.717, 1.165) is 24.3 Å². The molecule has 0 fully saturated rings. The van der Waals surface area contributed by atoms with Gasteiger partial charge in [0, 0.05) is 12.2 Å². The molecule has 0 N–H and O–H groups in total. The Morgan fingerprint density at radius 3 is 1.28 bits per heavy atom. The maximum Gasteiger partial charge on any atom is 0.416 e. The standard InChI is InChI=1S/C20H22F6O2Si/c1-13(2)27-29(28-14(3)4,17-9-5-7-15(11-17)19(21,22)23)18-10-6-8-16(12-18)20(24,25)26/h5-14H,1-4H3. The summed E-state index contributed by atoms with van der Waals surface area (Å²) in [5, 5.41) is 0.183. The zero-order valence-corrected chi connectivity index (χ0v) is 17.4. The van der Waals surface area contributed by atoms with Crippen LogP contribution in [0.15, 0.2) is 48.5 Å². The first kappa shape index (κ1) is 23.4. The van der Waals surface area contributed by atoms with Crippen LogP contribution < -0.4 is 10.4 Å². The lowest BCUT2D eigenvalue weighted by molar-refractivity contribution is -0.138. The van der Waals surface area contributed by atoms with Crippen molar-refractivity contribution in [1.82, 2.24) is 0 Å². The molecule has 160 valence electrons. The van der Waals surface area contributed by atoms with Gasteiger partial charge in [0.1, 0.15) is 0 Å². The van der Waals surface area contributed by atoms with Gasteiger partial charge in [0.25, 0.3) is 0 Å². The van der Waals surface area contributed by atoms with Crippen molar-refractivity contribution in [3.05, 3.63) is 59.7 Å². The van der Waals surface area contributed by atoms with Crippen molar-refractivity contribution in [3.8, 4) is 0 Å². The summed E-state index contributed by atoms with van der Waals surface area (Å²) in [7, 11) is -3.89. The van der Waals surface area contributed by atoms with Crippen molar-refractivity contribution >= 4 is 18.9 Å². The molecule has 29 heavy (non-hydrogen) atoms. The first-order chi connectivity index (χ1) is 13.3. The van der Waals surface area contributed by atoms with E-state index in [2.05, 4.69) is 0 Å². The van der Waals surface area contributed by atoms with Gasteiger partial charge in [0.15, 0.2) is 0 Å². The molecule has 2 rings (SSSR count). The van der Waals surface area contributed by atoms with Gasteiger partial charge in [-0.1, -0.05) is 36.4 Å². The second-order valence-electron chi connectivity index (χ2n) is 7.11. The molecule has 2 aromatic carbocycles. The Morgan fingerprint density at radius 2 is 1.00 bits per heavy atom. The maximum absolute atomic E-state index is 13.3. The smallest absolute Gasteiger partial charge is 0.385 e. The largest absolute Gasteiger partial charge is 0.416 e. The average molecular weight is 436 g/mol. The summed E-state index contributed by atoms with van der Waals surface area (Å²) in [6.07, 6.45) is -10.2. The Hall–Kier alpha value is -1.84. The number of alkyl halides is 6. The summed E-state index contributed by atoms with van der Waals surface area (Å²) < 4.78 is 91.8. The summed E-state index contributed by atoms with van der Waals surface area (Å²) in [5.74, 6) is 0. The monoisotopic (exact) mass is 436 g/mol. The van der Waals surface area contributed by atoms with E-state index in [-0.39, 0.29) is 10.4 Å². The SMILES string of the molecule is CC(C)O[Si](OC(C)C)(c1cccc(C(F)(F)F)c1)c1cccc(C(F)(F)F)c1. The highest BCUT2D eigenvalue weighted by Gasteiger charge is 2.47. The lowest BCUT2D eigenvalue weighted by Gasteiger charge is -2.35. The molecule has 0 aromatic heterocycles. The van der Waals surface area contributed by atoms with Crippen LogP contribution in [0.4, 0.5) is 26.3 Å². The normalized spacial score (nSPS) is 13.4. The molecular formula is C20H22F6O2Si. The predicted octanol–water partition coefficient (Wildman–Crippen LogP) is 5.13. The fourth-order valence-electron chi connectivity index (χ4n) is 2.93. The van der Waals surface area contributed by atoms with Crippen LogP contribution in [0.5, 0.6) is 0 Å². The Kier molecular flexibility index (Phi) is 6.86. The molecule has 0 heterocycles. The van der Waals surface area contributed by atoms with Crippen molar-refractivity contribution in [1.29, 1.82) is 0 Å². The second kappa shape index (κ2) is 8.49. The maximum atomic E-state index is 13.3. The molecule has 2 aromatic rings.